The topological polar surface area (TPSA) is 61.8 Å². The summed E-state index contributed by atoms with van der Waals surface area (Å²) in [6.45, 7) is 25.7. The van der Waals surface area contributed by atoms with Gasteiger partial charge in [-0.2, -0.15) is 0 Å². The molecule has 1 fully saturated rings. The maximum atomic E-state index is 12.9. The Bertz CT molecular complexity index is 1170. The van der Waals surface area contributed by atoms with Crippen LogP contribution in [0.4, 0.5) is 0 Å². The van der Waals surface area contributed by atoms with Crippen LogP contribution in [0.1, 0.15) is 82.1 Å². The summed E-state index contributed by atoms with van der Waals surface area (Å²) in [4.78, 5) is 25.8. The van der Waals surface area contributed by atoms with Crippen LogP contribution in [0.3, 0.4) is 0 Å². The third kappa shape index (κ3) is 7.90. The number of rotatable bonds is 9. The van der Waals surface area contributed by atoms with Crippen LogP contribution in [0.15, 0.2) is 60.7 Å². The van der Waals surface area contributed by atoms with Gasteiger partial charge < -0.3 is 13.6 Å². The molecule has 2 aromatic rings. The van der Waals surface area contributed by atoms with Crippen LogP contribution in [0.5, 0.6) is 0 Å². The van der Waals surface area contributed by atoms with Crippen LogP contribution in [-0.2, 0) is 23.2 Å². The average Bonchev–Trinajstić information content (AvgIpc) is 3.25. The lowest BCUT2D eigenvalue weighted by Gasteiger charge is -2.49. The minimum atomic E-state index is -2.76. The van der Waals surface area contributed by atoms with E-state index in [1.807, 2.05) is 41.5 Å². The van der Waals surface area contributed by atoms with Crippen molar-refractivity contribution >= 4 is 38.9 Å². The first-order chi connectivity index (χ1) is 19.6. The Morgan fingerprint density at radius 3 is 1.47 bits per heavy atom. The maximum absolute atomic E-state index is 12.9. The Kier molecular flexibility index (Phi) is 10.4. The zero-order chi connectivity index (χ0) is 32.5. The fraction of sp³-hybridized carbons (Fsp3) is 0.611. The number of benzene rings is 2. The minimum Gasteiger partial charge on any atom is -0.465 e. The van der Waals surface area contributed by atoms with E-state index < -0.39 is 32.9 Å². The highest BCUT2D eigenvalue weighted by Crippen LogP contribution is 2.55. The molecule has 2 atom stereocenters. The van der Waals surface area contributed by atoms with Gasteiger partial charge >= 0.3 is 11.9 Å². The summed E-state index contributed by atoms with van der Waals surface area (Å²) in [6, 6.07) is 21.6. The van der Waals surface area contributed by atoms with Crippen molar-refractivity contribution in [2.45, 2.75) is 106 Å². The fourth-order valence-corrected chi connectivity index (χ4v) is 18.5. The van der Waals surface area contributed by atoms with Crippen LogP contribution in [0.25, 0.3) is 0 Å². The molecule has 0 aliphatic heterocycles. The van der Waals surface area contributed by atoms with Crippen LogP contribution in [0, 0.1) is 22.2 Å². The van der Waals surface area contributed by atoms with Crippen LogP contribution in [0.2, 0.25) is 23.7 Å². The normalized spacial score (nSPS) is 19.6. The molecule has 0 saturated heterocycles. The molecule has 0 spiro atoms. The van der Waals surface area contributed by atoms with E-state index in [1.165, 1.54) is 10.4 Å². The lowest BCUT2D eigenvalue weighted by Crippen LogP contribution is -2.70. The van der Waals surface area contributed by atoms with E-state index in [-0.39, 0.29) is 35.7 Å². The zero-order valence-electron chi connectivity index (χ0n) is 28.8. The van der Waals surface area contributed by atoms with E-state index in [9.17, 15) is 9.59 Å². The van der Waals surface area contributed by atoms with Crippen molar-refractivity contribution in [3.63, 3.8) is 0 Å². The van der Waals surface area contributed by atoms with Gasteiger partial charge in [-0.3, -0.25) is 9.59 Å². The van der Waals surface area contributed by atoms with E-state index >= 15 is 0 Å². The van der Waals surface area contributed by atoms with Crippen molar-refractivity contribution in [1.82, 2.24) is 0 Å². The molecule has 0 heterocycles. The fourth-order valence-electron chi connectivity index (χ4n) is 6.77. The molecule has 0 unspecified atom stereocenters. The van der Waals surface area contributed by atoms with Crippen molar-refractivity contribution in [2.24, 2.45) is 22.2 Å². The highest BCUT2D eigenvalue weighted by atomic mass is 28.4. The van der Waals surface area contributed by atoms with Crippen molar-refractivity contribution < 1.29 is 23.2 Å². The second-order valence-electron chi connectivity index (χ2n) is 16.5. The highest BCUT2D eigenvalue weighted by molar-refractivity contribution is 7.04. The van der Waals surface area contributed by atoms with Gasteiger partial charge in [-0.05, 0) is 94.3 Å². The molecule has 1 aliphatic rings. The molecule has 0 bridgehead atoms. The van der Waals surface area contributed by atoms with E-state index in [1.54, 1.807) is 0 Å². The van der Waals surface area contributed by atoms with Crippen LogP contribution >= 0.6 is 0 Å². The molecule has 0 N–H and O–H groups in total. The lowest BCUT2D eigenvalue weighted by molar-refractivity contribution is -0.163. The molecule has 0 amide bonds. The molecule has 1 saturated carbocycles. The third-order valence-electron chi connectivity index (χ3n) is 9.06. The van der Waals surface area contributed by atoms with Gasteiger partial charge in [-0.25, -0.2) is 0 Å². The highest BCUT2D eigenvalue weighted by Gasteiger charge is 2.58. The van der Waals surface area contributed by atoms with Gasteiger partial charge in [0.05, 0.1) is 10.8 Å². The second kappa shape index (κ2) is 12.6. The van der Waals surface area contributed by atoms with Crippen molar-refractivity contribution in [3.05, 3.63) is 60.7 Å². The molecule has 3 rings (SSSR count). The molecule has 0 radical (unpaired) electrons. The first-order valence-electron chi connectivity index (χ1n) is 15.8. The predicted octanol–water partition coefficient (Wildman–Crippen LogP) is 7.73. The van der Waals surface area contributed by atoms with Crippen molar-refractivity contribution in [1.29, 1.82) is 0 Å². The molecule has 2 aromatic carbocycles. The summed E-state index contributed by atoms with van der Waals surface area (Å²) in [5.41, 5.74) is -1.37. The average molecular weight is 625 g/mol. The standard InChI is InChI=1S/C36H56O5Si2/c1-27-23-36(25-39-31(37)33(2,3)4,26-40-32(38)34(5,6)7)24-30(27)42(11,12)41-43(35(8,9)10,28-19-15-13-16-20-28)29-21-17-14-18-22-29/h13-22,27,30H,23-26H2,1-12H3/t27-,30-/m0/s1. The molecular formula is C36H56O5Si2. The molecular weight excluding hydrogens is 569 g/mol. The van der Waals surface area contributed by atoms with Crippen molar-refractivity contribution in [2.75, 3.05) is 13.2 Å². The third-order valence-corrected chi connectivity index (χ3v) is 19.4. The van der Waals surface area contributed by atoms with Gasteiger partial charge in [0.1, 0.15) is 13.2 Å². The predicted molar refractivity (Wildman–Crippen MR) is 182 cm³/mol. The Hall–Kier alpha value is -2.23. The molecule has 1 aliphatic carbocycles. The number of ether oxygens (including phenoxy) is 2. The summed E-state index contributed by atoms with van der Waals surface area (Å²) in [7, 11) is -5.20. The molecule has 5 nitrogen and oxygen atoms in total. The van der Waals surface area contributed by atoms with Crippen LogP contribution < -0.4 is 10.4 Å². The Balaban J connectivity index is 2.04. The Labute approximate surface area is 263 Å². The molecule has 238 valence electrons. The number of carbonyl (C=O) groups excluding carboxylic acids is 2. The minimum absolute atomic E-state index is 0.122. The van der Waals surface area contributed by atoms with E-state index in [4.69, 9.17) is 13.6 Å². The van der Waals surface area contributed by atoms with Gasteiger partial charge in [0.2, 0.25) is 0 Å². The quantitative estimate of drug-likeness (QED) is 0.211. The Morgan fingerprint density at radius 1 is 0.721 bits per heavy atom. The maximum Gasteiger partial charge on any atom is 0.311 e. The van der Waals surface area contributed by atoms with Gasteiger partial charge in [-0.15, -0.1) is 0 Å². The largest absolute Gasteiger partial charge is 0.465 e. The summed E-state index contributed by atoms with van der Waals surface area (Å²) in [5, 5.41) is 2.44. The zero-order valence-corrected chi connectivity index (χ0v) is 30.8. The summed E-state index contributed by atoms with van der Waals surface area (Å²) in [5.74, 6) is -0.142. The van der Waals surface area contributed by atoms with E-state index in [0.29, 0.717) is 5.92 Å². The second-order valence-corrected chi connectivity index (χ2v) is 25.3. The molecule has 7 heteroatoms. The first kappa shape index (κ1) is 35.3. The van der Waals surface area contributed by atoms with Gasteiger partial charge in [-0.1, -0.05) is 88.4 Å². The van der Waals surface area contributed by atoms with Gasteiger partial charge in [0.15, 0.2) is 8.32 Å². The Morgan fingerprint density at radius 2 is 1.12 bits per heavy atom. The van der Waals surface area contributed by atoms with Gasteiger partial charge in [0.25, 0.3) is 8.32 Å². The number of esters is 2. The number of carbonyl (C=O) groups is 2. The summed E-state index contributed by atoms with van der Waals surface area (Å²) in [6.07, 6.45) is 1.60. The smallest absolute Gasteiger partial charge is 0.311 e. The number of hydrogen-bond acceptors (Lipinski definition) is 5. The van der Waals surface area contributed by atoms with E-state index in [2.05, 4.69) is 101 Å². The van der Waals surface area contributed by atoms with Crippen molar-refractivity contribution in [3.8, 4) is 0 Å². The van der Waals surface area contributed by atoms with Crippen LogP contribution in [-0.4, -0.2) is 41.8 Å². The summed E-state index contributed by atoms with van der Waals surface area (Å²) >= 11 is 0. The molecule has 0 aromatic heterocycles. The molecule has 43 heavy (non-hydrogen) atoms. The summed E-state index contributed by atoms with van der Waals surface area (Å²) < 4.78 is 19.8. The first-order valence-corrected chi connectivity index (χ1v) is 20.7. The van der Waals surface area contributed by atoms with E-state index in [0.717, 1.165) is 12.8 Å². The lowest BCUT2D eigenvalue weighted by atomic mass is 9.86. The SMILES string of the molecule is C[C@H]1CC(COC(=O)C(C)(C)C)(COC(=O)C(C)(C)C)C[C@@H]1[Si](C)(C)O[Si](c1ccccc1)(c1ccccc1)C(C)(C)C. The van der Waals surface area contributed by atoms with Gasteiger partial charge in [0, 0.05) is 5.41 Å². The monoisotopic (exact) mass is 624 g/mol. The number of hydrogen-bond donors (Lipinski definition) is 0.